The zero-order chi connectivity index (χ0) is 9.10. The number of hydrogen-bond donors (Lipinski definition) is 1. The molecule has 2 rings (SSSR count). The molecule has 0 unspecified atom stereocenters. The lowest BCUT2D eigenvalue weighted by Crippen LogP contribution is -2.04. The first kappa shape index (κ1) is 8.26. The fourth-order valence-electron chi connectivity index (χ4n) is 1.42. The SMILES string of the molecule is Nc1cncc(C2=CCOCC2)c1. The molecule has 0 bridgehead atoms. The predicted molar refractivity (Wildman–Crippen MR) is 52.1 cm³/mol. The van der Waals surface area contributed by atoms with Crippen molar-refractivity contribution in [3.8, 4) is 0 Å². The average molecular weight is 176 g/mol. The van der Waals surface area contributed by atoms with Crippen molar-refractivity contribution in [2.75, 3.05) is 18.9 Å². The van der Waals surface area contributed by atoms with Crippen LogP contribution in [0.5, 0.6) is 0 Å². The molecule has 1 aliphatic rings. The Morgan fingerprint density at radius 2 is 2.31 bits per heavy atom. The Hall–Kier alpha value is -1.35. The summed E-state index contributed by atoms with van der Waals surface area (Å²) < 4.78 is 5.22. The van der Waals surface area contributed by atoms with Crippen molar-refractivity contribution in [2.24, 2.45) is 0 Å². The van der Waals surface area contributed by atoms with Crippen LogP contribution in [-0.4, -0.2) is 18.2 Å². The molecule has 68 valence electrons. The molecular weight excluding hydrogens is 164 g/mol. The van der Waals surface area contributed by atoms with Gasteiger partial charge in [0, 0.05) is 12.4 Å². The van der Waals surface area contributed by atoms with Gasteiger partial charge in [-0.3, -0.25) is 4.98 Å². The normalized spacial score (nSPS) is 16.8. The first-order chi connectivity index (χ1) is 6.36. The summed E-state index contributed by atoms with van der Waals surface area (Å²) in [6.45, 7) is 1.49. The number of ether oxygens (including phenoxy) is 1. The molecule has 0 radical (unpaired) electrons. The third-order valence-electron chi connectivity index (χ3n) is 2.09. The van der Waals surface area contributed by atoms with Gasteiger partial charge in [-0.1, -0.05) is 6.08 Å². The number of aromatic nitrogens is 1. The first-order valence-electron chi connectivity index (χ1n) is 4.34. The van der Waals surface area contributed by atoms with Gasteiger partial charge >= 0.3 is 0 Å². The molecule has 13 heavy (non-hydrogen) atoms. The summed E-state index contributed by atoms with van der Waals surface area (Å²) in [4.78, 5) is 4.05. The maximum absolute atomic E-state index is 5.64. The monoisotopic (exact) mass is 176 g/mol. The molecule has 0 aliphatic carbocycles. The van der Waals surface area contributed by atoms with Crippen LogP contribution in [-0.2, 0) is 4.74 Å². The molecule has 0 saturated heterocycles. The topological polar surface area (TPSA) is 48.1 Å². The van der Waals surface area contributed by atoms with Gasteiger partial charge in [0.05, 0.1) is 18.9 Å². The zero-order valence-corrected chi connectivity index (χ0v) is 7.36. The van der Waals surface area contributed by atoms with Crippen LogP contribution >= 0.6 is 0 Å². The summed E-state index contributed by atoms with van der Waals surface area (Å²) in [6, 6.07) is 1.95. The third kappa shape index (κ3) is 1.87. The second kappa shape index (κ2) is 3.58. The maximum atomic E-state index is 5.64. The average Bonchev–Trinajstić information content (AvgIpc) is 2.19. The van der Waals surface area contributed by atoms with Crippen LogP contribution in [0.1, 0.15) is 12.0 Å². The maximum Gasteiger partial charge on any atom is 0.0653 e. The molecule has 2 heterocycles. The van der Waals surface area contributed by atoms with E-state index in [1.54, 1.807) is 6.20 Å². The lowest BCUT2D eigenvalue weighted by Gasteiger charge is -2.13. The number of nitrogens with two attached hydrogens (primary N) is 1. The lowest BCUT2D eigenvalue weighted by atomic mass is 10.0. The van der Waals surface area contributed by atoms with Gasteiger partial charge in [-0.05, 0) is 23.6 Å². The largest absolute Gasteiger partial charge is 0.397 e. The Morgan fingerprint density at radius 1 is 1.38 bits per heavy atom. The molecule has 3 nitrogen and oxygen atoms in total. The summed E-state index contributed by atoms with van der Waals surface area (Å²) in [5, 5.41) is 0. The van der Waals surface area contributed by atoms with Crippen molar-refractivity contribution in [1.29, 1.82) is 0 Å². The Morgan fingerprint density at radius 3 is 3.00 bits per heavy atom. The van der Waals surface area contributed by atoms with Gasteiger partial charge in [-0.25, -0.2) is 0 Å². The van der Waals surface area contributed by atoms with E-state index in [4.69, 9.17) is 10.5 Å². The predicted octanol–water partition coefficient (Wildman–Crippen LogP) is 1.47. The second-order valence-electron chi connectivity index (χ2n) is 3.06. The highest BCUT2D eigenvalue weighted by molar-refractivity contribution is 5.67. The number of hydrogen-bond acceptors (Lipinski definition) is 3. The van der Waals surface area contributed by atoms with Gasteiger partial charge in [0.25, 0.3) is 0 Å². The van der Waals surface area contributed by atoms with Gasteiger partial charge in [0.15, 0.2) is 0 Å². The summed E-state index contributed by atoms with van der Waals surface area (Å²) in [6.07, 6.45) is 6.53. The standard InChI is InChI=1S/C10H12N2O/c11-10-5-9(6-12-7-10)8-1-3-13-4-2-8/h1,5-7H,2-4,11H2. The Kier molecular flexibility index (Phi) is 2.27. The Bertz CT molecular complexity index is 333. The molecule has 0 amide bonds. The summed E-state index contributed by atoms with van der Waals surface area (Å²) in [5.74, 6) is 0. The van der Waals surface area contributed by atoms with Crippen molar-refractivity contribution >= 4 is 11.3 Å². The first-order valence-corrected chi connectivity index (χ1v) is 4.34. The minimum absolute atomic E-state index is 0.699. The van der Waals surface area contributed by atoms with Gasteiger partial charge in [-0.2, -0.15) is 0 Å². The van der Waals surface area contributed by atoms with Crippen molar-refractivity contribution in [3.05, 3.63) is 30.1 Å². The van der Waals surface area contributed by atoms with E-state index in [2.05, 4.69) is 11.1 Å². The van der Waals surface area contributed by atoms with Gasteiger partial charge in [-0.15, -0.1) is 0 Å². The van der Waals surface area contributed by atoms with E-state index in [0.717, 1.165) is 18.6 Å². The van der Waals surface area contributed by atoms with Crippen LogP contribution in [0.15, 0.2) is 24.5 Å². The molecule has 1 aromatic heterocycles. The van der Waals surface area contributed by atoms with E-state index in [9.17, 15) is 0 Å². The van der Waals surface area contributed by atoms with E-state index < -0.39 is 0 Å². The van der Waals surface area contributed by atoms with Crippen molar-refractivity contribution in [2.45, 2.75) is 6.42 Å². The number of anilines is 1. The van der Waals surface area contributed by atoms with Gasteiger partial charge in [0.1, 0.15) is 0 Å². The quantitative estimate of drug-likeness (QED) is 0.704. The van der Waals surface area contributed by atoms with Gasteiger partial charge < -0.3 is 10.5 Å². The molecule has 3 heteroatoms. The zero-order valence-electron chi connectivity index (χ0n) is 7.36. The van der Waals surface area contributed by atoms with E-state index >= 15 is 0 Å². The minimum Gasteiger partial charge on any atom is -0.397 e. The highest BCUT2D eigenvalue weighted by atomic mass is 16.5. The number of rotatable bonds is 1. The molecule has 0 atom stereocenters. The highest BCUT2D eigenvalue weighted by Gasteiger charge is 2.06. The number of pyridine rings is 1. The third-order valence-corrected chi connectivity index (χ3v) is 2.09. The van der Waals surface area contributed by atoms with Crippen LogP contribution < -0.4 is 5.73 Å². The van der Waals surface area contributed by atoms with E-state index in [1.165, 1.54) is 5.57 Å². The minimum atomic E-state index is 0.699. The van der Waals surface area contributed by atoms with Crippen molar-refractivity contribution in [1.82, 2.24) is 4.98 Å². The Labute approximate surface area is 77.2 Å². The van der Waals surface area contributed by atoms with Crippen molar-refractivity contribution < 1.29 is 4.74 Å². The molecule has 0 fully saturated rings. The molecular formula is C10H12N2O. The molecule has 0 aromatic carbocycles. The molecule has 0 saturated carbocycles. The van der Waals surface area contributed by atoms with E-state index in [0.29, 0.717) is 12.3 Å². The van der Waals surface area contributed by atoms with Crippen molar-refractivity contribution in [3.63, 3.8) is 0 Å². The fourth-order valence-corrected chi connectivity index (χ4v) is 1.42. The van der Waals surface area contributed by atoms with Crippen LogP contribution in [0.25, 0.3) is 5.57 Å². The smallest absolute Gasteiger partial charge is 0.0653 e. The number of nitrogens with zero attached hydrogens (tertiary/aromatic N) is 1. The van der Waals surface area contributed by atoms with Crippen LogP contribution in [0, 0.1) is 0 Å². The molecule has 2 N–H and O–H groups in total. The van der Waals surface area contributed by atoms with Crippen LogP contribution in [0.3, 0.4) is 0 Å². The van der Waals surface area contributed by atoms with E-state index in [1.807, 2.05) is 12.3 Å². The highest BCUT2D eigenvalue weighted by Crippen LogP contribution is 2.21. The summed E-state index contributed by atoms with van der Waals surface area (Å²) in [7, 11) is 0. The van der Waals surface area contributed by atoms with E-state index in [-0.39, 0.29) is 0 Å². The Balaban J connectivity index is 2.29. The second-order valence-corrected chi connectivity index (χ2v) is 3.06. The van der Waals surface area contributed by atoms with Gasteiger partial charge in [0.2, 0.25) is 0 Å². The molecule has 1 aromatic rings. The number of nitrogen functional groups attached to an aromatic ring is 1. The molecule has 0 spiro atoms. The molecule has 1 aliphatic heterocycles. The summed E-state index contributed by atoms with van der Waals surface area (Å²) in [5.41, 5.74) is 8.75. The summed E-state index contributed by atoms with van der Waals surface area (Å²) >= 11 is 0. The van der Waals surface area contributed by atoms with Crippen LogP contribution in [0.4, 0.5) is 5.69 Å². The fraction of sp³-hybridized carbons (Fsp3) is 0.300. The van der Waals surface area contributed by atoms with Crippen LogP contribution in [0.2, 0.25) is 0 Å². The lowest BCUT2D eigenvalue weighted by molar-refractivity contribution is 0.161.